The van der Waals surface area contributed by atoms with E-state index in [-0.39, 0.29) is 0 Å². The van der Waals surface area contributed by atoms with Crippen LogP contribution in [0.25, 0.3) is 0 Å². The highest BCUT2D eigenvalue weighted by atomic mass is 15.2. The summed E-state index contributed by atoms with van der Waals surface area (Å²) < 4.78 is 0. The molecule has 1 aliphatic rings. The van der Waals surface area contributed by atoms with Gasteiger partial charge in [0.1, 0.15) is 5.82 Å². The molecule has 4 heteroatoms. The van der Waals surface area contributed by atoms with Gasteiger partial charge in [-0.2, -0.15) is 0 Å². The van der Waals surface area contributed by atoms with Gasteiger partial charge in [-0.05, 0) is 38.1 Å². The predicted molar refractivity (Wildman–Crippen MR) is 75.3 cm³/mol. The summed E-state index contributed by atoms with van der Waals surface area (Å²) in [4.78, 5) is 9.19. The Balaban J connectivity index is 2.03. The van der Waals surface area contributed by atoms with Crippen molar-refractivity contribution in [1.29, 1.82) is 0 Å². The van der Waals surface area contributed by atoms with Crippen LogP contribution >= 0.6 is 0 Å². The maximum absolute atomic E-state index is 5.63. The van der Waals surface area contributed by atoms with Gasteiger partial charge in [-0.25, -0.2) is 4.98 Å². The zero-order valence-electron chi connectivity index (χ0n) is 11.5. The molecule has 1 aromatic rings. The highest BCUT2D eigenvalue weighted by Crippen LogP contribution is 2.15. The molecule has 0 amide bonds. The fraction of sp³-hybridized carbons (Fsp3) is 0.643. The Hall–Kier alpha value is -1.13. The molecule has 2 N–H and O–H groups in total. The number of rotatable bonds is 3. The van der Waals surface area contributed by atoms with E-state index in [4.69, 9.17) is 5.73 Å². The van der Waals surface area contributed by atoms with E-state index in [0.29, 0.717) is 11.9 Å². The Labute approximate surface area is 110 Å². The van der Waals surface area contributed by atoms with Crippen molar-refractivity contribution in [2.75, 3.05) is 32.4 Å². The maximum atomic E-state index is 5.63. The van der Waals surface area contributed by atoms with Gasteiger partial charge in [0.2, 0.25) is 0 Å². The maximum Gasteiger partial charge on any atom is 0.123 e. The minimum absolute atomic E-state index is 0.599. The zero-order chi connectivity index (χ0) is 13.0. The smallest absolute Gasteiger partial charge is 0.123 e. The third-order valence-electron chi connectivity index (χ3n) is 3.73. The molecule has 0 aromatic carbocycles. The minimum Gasteiger partial charge on any atom is -0.384 e. The molecular formula is C14H24N4. The van der Waals surface area contributed by atoms with Gasteiger partial charge in [0.25, 0.3) is 0 Å². The van der Waals surface area contributed by atoms with Crippen molar-refractivity contribution in [3.8, 4) is 0 Å². The van der Waals surface area contributed by atoms with Crippen LogP contribution in [0, 0.1) is 0 Å². The lowest BCUT2D eigenvalue weighted by Crippen LogP contribution is -2.39. The summed E-state index contributed by atoms with van der Waals surface area (Å²) in [5, 5.41) is 0. The number of nitrogen functional groups attached to an aromatic ring is 1. The summed E-state index contributed by atoms with van der Waals surface area (Å²) in [6.45, 7) is 6.80. The second-order valence-electron chi connectivity index (χ2n) is 5.24. The van der Waals surface area contributed by atoms with Crippen LogP contribution in [-0.4, -0.2) is 47.5 Å². The lowest BCUT2D eigenvalue weighted by Gasteiger charge is -2.30. The van der Waals surface area contributed by atoms with Gasteiger partial charge in [-0.1, -0.05) is 13.0 Å². The van der Waals surface area contributed by atoms with Crippen LogP contribution in [0.1, 0.15) is 25.3 Å². The van der Waals surface area contributed by atoms with Crippen LogP contribution in [0.15, 0.2) is 18.3 Å². The van der Waals surface area contributed by atoms with Gasteiger partial charge in [0.15, 0.2) is 0 Å². The Bertz CT molecular complexity index is 363. The molecule has 1 aliphatic heterocycles. The summed E-state index contributed by atoms with van der Waals surface area (Å²) in [5.41, 5.74) is 6.88. The van der Waals surface area contributed by atoms with Crippen molar-refractivity contribution in [2.24, 2.45) is 0 Å². The molecule has 1 unspecified atom stereocenters. The molecule has 0 bridgehead atoms. The fourth-order valence-corrected chi connectivity index (χ4v) is 2.65. The lowest BCUT2D eigenvalue weighted by molar-refractivity contribution is 0.176. The molecule has 4 nitrogen and oxygen atoms in total. The number of anilines is 1. The molecule has 1 aromatic heterocycles. The first-order chi connectivity index (χ1) is 8.69. The molecule has 0 saturated carbocycles. The molecule has 0 spiro atoms. The van der Waals surface area contributed by atoms with Crippen LogP contribution in [0.5, 0.6) is 0 Å². The third-order valence-corrected chi connectivity index (χ3v) is 3.73. The largest absolute Gasteiger partial charge is 0.384 e. The molecule has 2 heterocycles. The fourth-order valence-electron chi connectivity index (χ4n) is 2.65. The molecule has 0 aliphatic carbocycles. The lowest BCUT2D eigenvalue weighted by atomic mass is 10.1. The SMILES string of the molecule is CCC1CN(C)CCCN1Cc1ccc(N)nc1. The van der Waals surface area contributed by atoms with E-state index in [1.807, 2.05) is 12.3 Å². The number of hydrogen-bond acceptors (Lipinski definition) is 4. The Kier molecular flexibility index (Phi) is 4.55. The Morgan fingerprint density at radius 3 is 2.89 bits per heavy atom. The standard InChI is InChI=1S/C14H24N4/c1-3-13-11-17(2)7-4-8-18(13)10-12-5-6-14(15)16-9-12/h5-6,9,13H,3-4,7-8,10-11H2,1-2H3,(H2,15,16). The van der Waals surface area contributed by atoms with Crippen LogP contribution in [0.3, 0.4) is 0 Å². The van der Waals surface area contributed by atoms with Crippen molar-refractivity contribution >= 4 is 5.82 Å². The number of nitrogens with zero attached hydrogens (tertiary/aromatic N) is 3. The number of likely N-dealkylation sites (N-methyl/N-ethyl adjacent to an activating group) is 1. The van der Waals surface area contributed by atoms with Gasteiger partial charge in [0, 0.05) is 31.9 Å². The van der Waals surface area contributed by atoms with Gasteiger partial charge < -0.3 is 10.6 Å². The van der Waals surface area contributed by atoms with E-state index >= 15 is 0 Å². The first-order valence-corrected chi connectivity index (χ1v) is 6.82. The van der Waals surface area contributed by atoms with Crippen molar-refractivity contribution in [1.82, 2.24) is 14.8 Å². The number of pyridine rings is 1. The van der Waals surface area contributed by atoms with Gasteiger partial charge in [0.05, 0.1) is 0 Å². The average molecular weight is 248 g/mol. The summed E-state index contributed by atoms with van der Waals surface area (Å²) in [5.74, 6) is 0.599. The van der Waals surface area contributed by atoms with Gasteiger partial charge in [-0.3, -0.25) is 4.90 Å². The molecule has 1 saturated heterocycles. The monoisotopic (exact) mass is 248 g/mol. The van der Waals surface area contributed by atoms with Crippen molar-refractivity contribution < 1.29 is 0 Å². The highest BCUT2D eigenvalue weighted by Gasteiger charge is 2.21. The van der Waals surface area contributed by atoms with Crippen LogP contribution in [-0.2, 0) is 6.54 Å². The first-order valence-electron chi connectivity index (χ1n) is 6.82. The predicted octanol–water partition coefficient (Wildman–Crippen LogP) is 1.58. The Morgan fingerprint density at radius 1 is 1.39 bits per heavy atom. The first kappa shape index (κ1) is 13.3. The average Bonchev–Trinajstić information content (AvgIpc) is 2.54. The van der Waals surface area contributed by atoms with E-state index < -0.39 is 0 Å². The topological polar surface area (TPSA) is 45.4 Å². The summed E-state index contributed by atoms with van der Waals surface area (Å²) in [6.07, 6.45) is 4.35. The van der Waals surface area contributed by atoms with E-state index in [1.54, 1.807) is 0 Å². The molecule has 1 atom stereocenters. The van der Waals surface area contributed by atoms with Crippen LogP contribution in [0.4, 0.5) is 5.82 Å². The summed E-state index contributed by atoms with van der Waals surface area (Å²) in [6, 6.07) is 4.62. The summed E-state index contributed by atoms with van der Waals surface area (Å²) in [7, 11) is 2.22. The van der Waals surface area contributed by atoms with E-state index in [9.17, 15) is 0 Å². The zero-order valence-corrected chi connectivity index (χ0v) is 11.5. The van der Waals surface area contributed by atoms with E-state index in [1.165, 1.54) is 38.0 Å². The second kappa shape index (κ2) is 6.16. The van der Waals surface area contributed by atoms with Gasteiger partial charge in [-0.15, -0.1) is 0 Å². The molecule has 18 heavy (non-hydrogen) atoms. The van der Waals surface area contributed by atoms with Crippen molar-refractivity contribution in [3.63, 3.8) is 0 Å². The summed E-state index contributed by atoms with van der Waals surface area (Å²) >= 11 is 0. The molecule has 100 valence electrons. The highest BCUT2D eigenvalue weighted by molar-refractivity contribution is 5.29. The number of hydrogen-bond donors (Lipinski definition) is 1. The van der Waals surface area contributed by atoms with Crippen molar-refractivity contribution in [3.05, 3.63) is 23.9 Å². The molecule has 2 rings (SSSR count). The third kappa shape index (κ3) is 3.43. The molecule has 0 radical (unpaired) electrons. The van der Waals surface area contributed by atoms with Gasteiger partial charge >= 0.3 is 0 Å². The van der Waals surface area contributed by atoms with Crippen LogP contribution in [0.2, 0.25) is 0 Å². The normalized spacial score (nSPS) is 22.9. The number of nitrogens with two attached hydrogens (primary N) is 1. The second-order valence-corrected chi connectivity index (χ2v) is 5.24. The van der Waals surface area contributed by atoms with Crippen LogP contribution < -0.4 is 5.73 Å². The van der Waals surface area contributed by atoms with E-state index in [0.717, 1.165) is 6.54 Å². The Morgan fingerprint density at radius 2 is 2.22 bits per heavy atom. The molecular weight excluding hydrogens is 224 g/mol. The quantitative estimate of drug-likeness (QED) is 0.882. The minimum atomic E-state index is 0.599. The van der Waals surface area contributed by atoms with E-state index in [2.05, 4.69) is 34.8 Å². The molecule has 1 fully saturated rings. The van der Waals surface area contributed by atoms with Crippen molar-refractivity contribution in [2.45, 2.75) is 32.4 Å². The number of aromatic nitrogens is 1.